The van der Waals surface area contributed by atoms with Gasteiger partial charge in [-0.3, -0.25) is 9.59 Å². The molecule has 5 N–H and O–H groups in total. The van der Waals surface area contributed by atoms with Crippen molar-refractivity contribution >= 4 is 17.6 Å². The Morgan fingerprint density at radius 3 is 2.32 bits per heavy atom. The van der Waals surface area contributed by atoms with E-state index in [0.29, 0.717) is 5.82 Å². The zero-order valence-corrected chi connectivity index (χ0v) is 17.9. The lowest BCUT2D eigenvalue weighted by molar-refractivity contribution is -0.130. The smallest absolute Gasteiger partial charge is 0.243 e. The largest absolute Gasteiger partial charge is 0.384 e. The summed E-state index contributed by atoms with van der Waals surface area (Å²) in [6.45, 7) is 4.05. The van der Waals surface area contributed by atoms with Crippen LogP contribution in [-0.2, 0) is 22.6 Å². The number of hydrogen-bond acceptors (Lipinski definition) is 5. The summed E-state index contributed by atoms with van der Waals surface area (Å²) in [5.74, 6) is -1.95. The van der Waals surface area contributed by atoms with Crippen LogP contribution in [0.2, 0.25) is 0 Å². The minimum atomic E-state index is -1.02. The van der Waals surface area contributed by atoms with Crippen molar-refractivity contribution in [2.75, 3.05) is 12.8 Å². The molecule has 0 spiro atoms. The van der Waals surface area contributed by atoms with Crippen LogP contribution in [0.25, 0.3) is 0 Å². The Morgan fingerprint density at radius 1 is 1.10 bits per heavy atom. The first-order chi connectivity index (χ1) is 14.7. The number of amides is 2. The van der Waals surface area contributed by atoms with Gasteiger partial charge >= 0.3 is 0 Å². The van der Waals surface area contributed by atoms with Crippen LogP contribution < -0.4 is 21.7 Å². The molecule has 0 saturated carbocycles. The molecular weight excluding hydrogens is 404 g/mol. The van der Waals surface area contributed by atoms with E-state index in [1.165, 1.54) is 6.20 Å². The van der Waals surface area contributed by atoms with E-state index >= 15 is 0 Å². The number of carbonyl (C=O) groups is 2. The lowest BCUT2D eigenvalue weighted by Gasteiger charge is -2.25. The summed E-state index contributed by atoms with van der Waals surface area (Å²) >= 11 is 0. The fourth-order valence-electron chi connectivity index (χ4n) is 3.20. The number of likely N-dealkylation sites (N-methyl/N-ethyl adjacent to an activating group) is 1. The molecule has 2 rings (SSSR count). The van der Waals surface area contributed by atoms with E-state index in [9.17, 15) is 18.4 Å². The van der Waals surface area contributed by atoms with Crippen LogP contribution in [0.4, 0.5) is 14.6 Å². The first-order valence-electron chi connectivity index (χ1n) is 10.1. The molecule has 9 heteroatoms. The van der Waals surface area contributed by atoms with Gasteiger partial charge in [-0.05, 0) is 42.3 Å². The van der Waals surface area contributed by atoms with Crippen LogP contribution in [0.1, 0.15) is 31.4 Å². The summed E-state index contributed by atoms with van der Waals surface area (Å²) in [5.41, 5.74) is 6.54. The van der Waals surface area contributed by atoms with Gasteiger partial charge in [-0.2, -0.15) is 0 Å². The molecule has 1 heterocycles. The summed E-state index contributed by atoms with van der Waals surface area (Å²) in [6.07, 6.45) is 2.23. The molecule has 1 aromatic heterocycles. The topological polar surface area (TPSA) is 109 Å². The summed E-state index contributed by atoms with van der Waals surface area (Å²) in [7, 11) is 1.67. The molecule has 0 aliphatic carbocycles. The third-order valence-electron chi connectivity index (χ3n) is 5.12. The number of hydrogen-bond donors (Lipinski definition) is 4. The minimum absolute atomic E-state index is 0.0289. The van der Waals surface area contributed by atoms with Gasteiger partial charge in [-0.1, -0.05) is 26.3 Å². The maximum atomic E-state index is 13.6. The molecule has 0 bridgehead atoms. The molecule has 1 unspecified atom stereocenters. The highest BCUT2D eigenvalue weighted by Gasteiger charge is 2.28. The van der Waals surface area contributed by atoms with Crippen molar-refractivity contribution in [2.45, 2.75) is 45.3 Å². The molecule has 2 aromatic rings. The molecule has 0 saturated heterocycles. The van der Waals surface area contributed by atoms with Crippen LogP contribution in [0.3, 0.4) is 0 Å². The molecular formula is C22H29F2N5O2. The second kappa shape index (κ2) is 11.4. The van der Waals surface area contributed by atoms with Crippen molar-refractivity contribution < 1.29 is 18.4 Å². The van der Waals surface area contributed by atoms with Crippen molar-refractivity contribution in [3.8, 4) is 0 Å². The van der Waals surface area contributed by atoms with E-state index in [2.05, 4.69) is 20.9 Å². The molecule has 0 fully saturated rings. The quantitative estimate of drug-likeness (QED) is 0.458. The SMILES string of the molecule is CCC(C)[C@@H](NC)C(=O)N[C@@H](Cc1cc(F)cc(F)c1)C(=O)NCc1ccc(N)nc1. The number of carbonyl (C=O) groups excluding carboxylic acids is 2. The minimum Gasteiger partial charge on any atom is -0.384 e. The average molecular weight is 434 g/mol. The van der Waals surface area contributed by atoms with Crippen LogP contribution in [0.15, 0.2) is 36.5 Å². The van der Waals surface area contributed by atoms with Crippen LogP contribution in [0.5, 0.6) is 0 Å². The molecule has 0 aliphatic heterocycles. The Bertz CT molecular complexity index is 872. The second-order valence-corrected chi connectivity index (χ2v) is 7.50. The molecule has 0 aliphatic rings. The monoisotopic (exact) mass is 433 g/mol. The van der Waals surface area contributed by atoms with Gasteiger partial charge in [0.1, 0.15) is 23.5 Å². The van der Waals surface area contributed by atoms with Crippen molar-refractivity contribution in [3.63, 3.8) is 0 Å². The number of rotatable bonds is 10. The molecule has 1 aromatic carbocycles. The number of nitrogens with zero attached hydrogens (tertiary/aromatic N) is 1. The normalized spacial score (nSPS) is 13.8. The van der Waals surface area contributed by atoms with Gasteiger partial charge in [-0.15, -0.1) is 0 Å². The Labute approximate surface area is 180 Å². The third-order valence-corrected chi connectivity index (χ3v) is 5.12. The van der Waals surface area contributed by atoms with E-state index in [-0.39, 0.29) is 30.4 Å². The van der Waals surface area contributed by atoms with E-state index < -0.39 is 29.6 Å². The molecule has 31 heavy (non-hydrogen) atoms. The number of nitrogen functional groups attached to an aromatic ring is 1. The number of anilines is 1. The van der Waals surface area contributed by atoms with Crippen LogP contribution in [0, 0.1) is 17.6 Å². The van der Waals surface area contributed by atoms with Crippen molar-refractivity contribution in [1.82, 2.24) is 20.9 Å². The number of benzene rings is 1. The summed E-state index contributed by atoms with van der Waals surface area (Å²) in [4.78, 5) is 29.6. The first kappa shape index (κ1) is 24.2. The third kappa shape index (κ3) is 7.29. The zero-order chi connectivity index (χ0) is 23.0. The highest BCUT2D eigenvalue weighted by atomic mass is 19.1. The van der Waals surface area contributed by atoms with Gasteiger partial charge in [0.15, 0.2) is 0 Å². The van der Waals surface area contributed by atoms with E-state index in [1.807, 2.05) is 13.8 Å². The van der Waals surface area contributed by atoms with Crippen molar-refractivity contribution in [1.29, 1.82) is 0 Å². The lowest BCUT2D eigenvalue weighted by Crippen LogP contribution is -2.54. The molecule has 7 nitrogen and oxygen atoms in total. The molecule has 168 valence electrons. The number of nitrogens with two attached hydrogens (primary N) is 1. The van der Waals surface area contributed by atoms with E-state index in [4.69, 9.17) is 5.73 Å². The lowest BCUT2D eigenvalue weighted by atomic mass is 9.97. The number of aromatic nitrogens is 1. The first-order valence-corrected chi connectivity index (χ1v) is 10.1. The van der Waals surface area contributed by atoms with E-state index in [1.54, 1.807) is 19.2 Å². The summed E-state index contributed by atoms with van der Waals surface area (Å²) in [5, 5.41) is 8.41. The van der Waals surface area contributed by atoms with Gasteiger partial charge in [0.2, 0.25) is 11.8 Å². The molecule has 2 amide bonds. The standard InChI is InChI=1S/C22H29F2N5O2/c1-4-13(2)20(26-3)22(31)29-18(9-15-7-16(23)10-17(24)8-15)21(30)28-12-14-5-6-19(25)27-11-14/h5-8,10-11,13,18,20,26H,4,9,12H2,1-3H3,(H2,25,27)(H,28,30)(H,29,31)/t13?,18-,20+/m0/s1. The zero-order valence-electron chi connectivity index (χ0n) is 17.9. The summed E-state index contributed by atoms with van der Waals surface area (Å²) < 4.78 is 27.2. The predicted molar refractivity (Wildman–Crippen MR) is 115 cm³/mol. The van der Waals surface area contributed by atoms with Gasteiger partial charge < -0.3 is 21.7 Å². The maximum Gasteiger partial charge on any atom is 0.243 e. The fraction of sp³-hybridized carbons (Fsp3) is 0.409. The van der Waals surface area contributed by atoms with Crippen molar-refractivity contribution in [3.05, 3.63) is 59.3 Å². The number of nitrogens with one attached hydrogen (secondary N) is 3. The van der Waals surface area contributed by atoms with Gasteiger partial charge in [0.25, 0.3) is 0 Å². The Morgan fingerprint density at radius 2 is 1.77 bits per heavy atom. The molecule has 3 atom stereocenters. The molecule has 0 radical (unpaired) electrons. The van der Waals surface area contributed by atoms with Crippen LogP contribution >= 0.6 is 0 Å². The average Bonchev–Trinajstić information content (AvgIpc) is 2.72. The van der Waals surface area contributed by atoms with Gasteiger partial charge in [0.05, 0.1) is 6.04 Å². The van der Waals surface area contributed by atoms with Gasteiger partial charge in [0, 0.05) is 25.2 Å². The van der Waals surface area contributed by atoms with E-state index in [0.717, 1.165) is 30.2 Å². The number of halogens is 2. The fourth-order valence-corrected chi connectivity index (χ4v) is 3.20. The summed E-state index contributed by atoms with van der Waals surface area (Å²) in [6, 6.07) is 4.84. The highest BCUT2D eigenvalue weighted by molar-refractivity contribution is 5.90. The van der Waals surface area contributed by atoms with Crippen molar-refractivity contribution in [2.24, 2.45) is 5.92 Å². The predicted octanol–water partition coefficient (Wildman–Crippen LogP) is 1.92. The maximum absolute atomic E-state index is 13.6. The Kier molecular flexibility index (Phi) is 8.87. The highest BCUT2D eigenvalue weighted by Crippen LogP contribution is 2.12. The Balaban J connectivity index is 2.17. The van der Waals surface area contributed by atoms with Gasteiger partial charge in [-0.25, -0.2) is 13.8 Å². The van der Waals surface area contributed by atoms with Crippen LogP contribution in [-0.4, -0.2) is 35.9 Å². The Hall–Kier alpha value is -3.07. The second-order valence-electron chi connectivity index (χ2n) is 7.50. The number of pyridine rings is 1.